The first-order valence-electron chi connectivity index (χ1n) is 7.08. The first-order valence-corrected chi connectivity index (χ1v) is 8.07. The van der Waals surface area contributed by atoms with E-state index >= 15 is 0 Å². The Hall–Kier alpha value is -0.780. The molecule has 0 aromatic heterocycles. The molecular weight excluding hydrogens is 311 g/mol. The van der Waals surface area contributed by atoms with Gasteiger partial charge in [-0.2, -0.15) is 0 Å². The van der Waals surface area contributed by atoms with Gasteiger partial charge in [0, 0.05) is 36.2 Å². The van der Waals surface area contributed by atoms with Gasteiger partial charge in [0.2, 0.25) is 5.91 Å². The lowest BCUT2D eigenvalue weighted by atomic mass is 10.0. The molecule has 1 aromatic rings. The maximum absolute atomic E-state index is 12.8. The molecule has 0 aliphatic carbocycles. The van der Waals surface area contributed by atoms with Crippen molar-refractivity contribution in [1.29, 1.82) is 0 Å². The average Bonchev–Trinajstić information content (AvgIpc) is 2.49. The van der Waals surface area contributed by atoms with E-state index < -0.39 is 0 Å². The number of benzene rings is 1. The third-order valence-corrected chi connectivity index (χ3v) is 4.63. The molecule has 2 N–H and O–H groups in total. The lowest BCUT2D eigenvalue weighted by Crippen LogP contribution is -2.47. The second kappa shape index (κ2) is 9.28. The van der Waals surface area contributed by atoms with Crippen LogP contribution in [0.5, 0.6) is 0 Å². The van der Waals surface area contributed by atoms with Crippen molar-refractivity contribution in [1.82, 2.24) is 4.90 Å². The molecule has 0 radical (unpaired) electrons. The van der Waals surface area contributed by atoms with Gasteiger partial charge < -0.3 is 10.6 Å². The number of carbonyl (C=O) groups is 1. The summed E-state index contributed by atoms with van der Waals surface area (Å²) >= 11 is 1.58. The van der Waals surface area contributed by atoms with Crippen molar-refractivity contribution in [3.63, 3.8) is 0 Å². The second-order valence-electron chi connectivity index (χ2n) is 5.02. The van der Waals surface area contributed by atoms with Crippen LogP contribution >= 0.6 is 24.2 Å². The van der Waals surface area contributed by atoms with Crippen LogP contribution in [0.2, 0.25) is 0 Å². The number of halogens is 2. The number of likely N-dealkylation sites (tertiary alicyclic amines) is 1. The van der Waals surface area contributed by atoms with Gasteiger partial charge in [-0.15, -0.1) is 24.2 Å². The standard InChI is InChI=1S/C15H21FN2OS.ClH/c16-12-4-6-14(7-5-12)20-10-8-15(19)18-9-2-1-3-13(18)11-17;/h4-7,13H,1-3,8-11,17H2;1H. The van der Waals surface area contributed by atoms with Crippen LogP contribution in [0.3, 0.4) is 0 Å². The monoisotopic (exact) mass is 332 g/mol. The summed E-state index contributed by atoms with van der Waals surface area (Å²) < 4.78 is 12.8. The van der Waals surface area contributed by atoms with E-state index in [1.54, 1.807) is 23.9 Å². The van der Waals surface area contributed by atoms with Gasteiger partial charge >= 0.3 is 0 Å². The first-order chi connectivity index (χ1) is 9.70. The van der Waals surface area contributed by atoms with Crippen LogP contribution in [0, 0.1) is 5.82 Å². The minimum Gasteiger partial charge on any atom is -0.338 e. The van der Waals surface area contributed by atoms with Crippen LogP contribution in [0.25, 0.3) is 0 Å². The van der Waals surface area contributed by atoms with E-state index in [2.05, 4.69) is 0 Å². The van der Waals surface area contributed by atoms with E-state index in [9.17, 15) is 9.18 Å². The van der Waals surface area contributed by atoms with Crippen LogP contribution in [0.1, 0.15) is 25.7 Å². The number of carbonyl (C=O) groups excluding carboxylic acids is 1. The quantitative estimate of drug-likeness (QED) is 0.843. The number of piperidine rings is 1. The minimum absolute atomic E-state index is 0. The van der Waals surface area contributed by atoms with Crippen molar-refractivity contribution in [2.24, 2.45) is 5.73 Å². The third-order valence-electron chi connectivity index (χ3n) is 3.62. The molecule has 0 spiro atoms. The Bertz CT molecular complexity index is 444. The van der Waals surface area contributed by atoms with Crippen LogP contribution in [-0.2, 0) is 4.79 Å². The molecule has 0 saturated carbocycles. The van der Waals surface area contributed by atoms with Gasteiger partial charge in [-0.3, -0.25) is 4.79 Å². The summed E-state index contributed by atoms with van der Waals surface area (Å²) in [6, 6.07) is 6.59. The van der Waals surface area contributed by atoms with Gasteiger partial charge in [-0.05, 0) is 43.5 Å². The summed E-state index contributed by atoms with van der Waals surface area (Å²) in [5, 5.41) is 0. The van der Waals surface area contributed by atoms with Gasteiger partial charge in [-0.25, -0.2) is 4.39 Å². The van der Waals surface area contributed by atoms with E-state index in [1.807, 2.05) is 4.90 Å². The first kappa shape index (κ1) is 18.3. The second-order valence-corrected chi connectivity index (χ2v) is 6.19. The van der Waals surface area contributed by atoms with Crippen molar-refractivity contribution in [3.05, 3.63) is 30.1 Å². The largest absolute Gasteiger partial charge is 0.338 e. The summed E-state index contributed by atoms with van der Waals surface area (Å²) in [5.41, 5.74) is 5.73. The predicted molar refractivity (Wildman–Crippen MR) is 87.4 cm³/mol. The molecule has 1 aliphatic heterocycles. The number of nitrogens with two attached hydrogens (primary N) is 1. The molecule has 21 heavy (non-hydrogen) atoms. The number of nitrogens with zero attached hydrogens (tertiary/aromatic N) is 1. The minimum atomic E-state index is -0.232. The summed E-state index contributed by atoms with van der Waals surface area (Å²) in [7, 11) is 0. The van der Waals surface area contributed by atoms with E-state index in [0.717, 1.165) is 36.5 Å². The van der Waals surface area contributed by atoms with Crippen LogP contribution in [0.15, 0.2) is 29.2 Å². The fourth-order valence-electron chi connectivity index (χ4n) is 2.50. The third kappa shape index (κ3) is 5.49. The van der Waals surface area contributed by atoms with Gasteiger partial charge in [0.1, 0.15) is 5.82 Å². The van der Waals surface area contributed by atoms with Crippen LogP contribution in [-0.4, -0.2) is 35.7 Å². The fourth-order valence-corrected chi connectivity index (χ4v) is 3.35. The highest BCUT2D eigenvalue weighted by Crippen LogP contribution is 2.21. The summed E-state index contributed by atoms with van der Waals surface area (Å²) in [5.74, 6) is 0.678. The Morgan fingerprint density at radius 2 is 2.05 bits per heavy atom. The van der Waals surface area contributed by atoms with Crippen molar-refractivity contribution in [2.75, 3.05) is 18.8 Å². The van der Waals surface area contributed by atoms with E-state index in [4.69, 9.17) is 5.73 Å². The lowest BCUT2D eigenvalue weighted by Gasteiger charge is -2.35. The Morgan fingerprint density at radius 3 is 2.71 bits per heavy atom. The molecule has 1 heterocycles. The normalized spacial score (nSPS) is 18.2. The number of thioether (sulfide) groups is 1. The highest BCUT2D eigenvalue weighted by Gasteiger charge is 2.24. The number of hydrogen-bond acceptors (Lipinski definition) is 3. The van der Waals surface area contributed by atoms with Crippen molar-refractivity contribution in [3.8, 4) is 0 Å². The Kier molecular flexibility index (Phi) is 8.07. The van der Waals surface area contributed by atoms with Crippen LogP contribution < -0.4 is 5.73 Å². The molecule has 1 saturated heterocycles. The molecule has 2 rings (SSSR count). The maximum atomic E-state index is 12.8. The number of hydrogen-bond donors (Lipinski definition) is 1. The van der Waals surface area contributed by atoms with Gasteiger partial charge in [-0.1, -0.05) is 0 Å². The Morgan fingerprint density at radius 1 is 1.33 bits per heavy atom. The molecule has 6 heteroatoms. The van der Waals surface area contributed by atoms with Crippen molar-refractivity contribution >= 4 is 30.1 Å². The zero-order valence-corrected chi connectivity index (χ0v) is 13.6. The Labute approximate surface area is 135 Å². The van der Waals surface area contributed by atoms with E-state index in [1.165, 1.54) is 12.1 Å². The fraction of sp³-hybridized carbons (Fsp3) is 0.533. The molecular formula is C15H22ClFN2OS. The Balaban J connectivity index is 0.00000220. The zero-order chi connectivity index (χ0) is 14.4. The maximum Gasteiger partial charge on any atom is 0.223 e. The molecule has 1 unspecified atom stereocenters. The van der Waals surface area contributed by atoms with Gasteiger partial charge in [0.25, 0.3) is 0 Å². The topological polar surface area (TPSA) is 46.3 Å². The van der Waals surface area contributed by atoms with Crippen molar-refractivity contribution in [2.45, 2.75) is 36.6 Å². The summed E-state index contributed by atoms with van der Waals surface area (Å²) in [6.45, 7) is 1.39. The van der Waals surface area contributed by atoms with Gasteiger partial charge in [0.05, 0.1) is 0 Å². The smallest absolute Gasteiger partial charge is 0.223 e. The number of amides is 1. The van der Waals surface area contributed by atoms with E-state index in [0.29, 0.717) is 13.0 Å². The molecule has 1 aliphatic rings. The van der Waals surface area contributed by atoms with Crippen LogP contribution in [0.4, 0.5) is 4.39 Å². The van der Waals surface area contributed by atoms with E-state index in [-0.39, 0.29) is 30.2 Å². The zero-order valence-electron chi connectivity index (χ0n) is 12.0. The predicted octanol–water partition coefficient (Wildman–Crippen LogP) is 3.07. The van der Waals surface area contributed by atoms with Crippen molar-refractivity contribution < 1.29 is 9.18 Å². The molecule has 118 valence electrons. The molecule has 1 aromatic carbocycles. The molecule has 1 atom stereocenters. The highest BCUT2D eigenvalue weighted by molar-refractivity contribution is 7.99. The SMILES string of the molecule is Cl.NCC1CCCCN1C(=O)CCSc1ccc(F)cc1. The molecule has 0 bridgehead atoms. The lowest BCUT2D eigenvalue weighted by molar-refractivity contribution is -0.134. The average molecular weight is 333 g/mol. The molecule has 1 amide bonds. The molecule has 3 nitrogen and oxygen atoms in total. The summed E-state index contributed by atoms with van der Waals surface area (Å²) in [6.07, 6.45) is 3.77. The molecule has 1 fully saturated rings. The highest BCUT2D eigenvalue weighted by atomic mass is 35.5. The van der Waals surface area contributed by atoms with Gasteiger partial charge in [0.15, 0.2) is 0 Å². The number of rotatable bonds is 5. The summed E-state index contributed by atoms with van der Waals surface area (Å²) in [4.78, 5) is 15.1.